The molecule has 0 spiro atoms. The van der Waals surface area contributed by atoms with Gasteiger partial charge in [0.1, 0.15) is 5.75 Å². The van der Waals surface area contributed by atoms with Crippen LogP contribution < -0.4 is 10.1 Å². The highest BCUT2D eigenvalue weighted by Crippen LogP contribution is 2.22. The molecule has 0 aliphatic heterocycles. The molecule has 1 aromatic carbocycles. The number of para-hydroxylation sites is 1. The molecule has 118 valence electrons. The van der Waals surface area contributed by atoms with E-state index in [9.17, 15) is 9.90 Å². The fraction of sp³-hybridized carbons (Fsp3) is 0.125. The highest BCUT2D eigenvalue weighted by Gasteiger charge is 2.08. The average molecular weight is 332 g/mol. The van der Waals surface area contributed by atoms with Crippen molar-refractivity contribution >= 4 is 23.2 Å². The lowest BCUT2D eigenvalue weighted by atomic mass is 10.3. The van der Waals surface area contributed by atoms with Crippen LogP contribution in [0.3, 0.4) is 0 Å². The lowest BCUT2D eigenvalue weighted by molar-refractivity contribution is -0.123. The minimum atomic E-state index is -0.286. The van der Waals surface area contributed by atoms with Gasteiger partial charge in [-0.15, -0.1) is 0 Å². The fourth-order valence-electron chi connectivity index (χ4n) is 2.08. The van der Waals surface area contributed by atoms with Crippen molar-refractivity contribution in [2.75, 3.05) is 6.61 Å². The molecule has 23 heavy (non-hydrogen) atoms. The number of hydrogen-bond donors (Lipinski definition) is 2. The van der Waals surface area contributed by atoms with Gasteiger partial charge in [-0.1, -0.05) is 23.7 Å². The first-order chi connectivity index (χ1) is 11.1. The summed E-state index contributed by atoms with van der Waals surface area (Å²) in [7, 11) is 0. The van der Waals surface area contributed by atoms with Crippen LogP contribution in [-0.2, 0) is 11.3 Å². The van der Waals surface area contributed by atoms with Crippen LogP contribution >= 0.6 is 11.6 Å². The summed E-state index contributed by atoms with van der Waals surface area (Å²) in [6, 6.07) is 10.2. The second kappa shape index (κ2) is 6.58. The van der Waals surface area contributed by atoms with Crippen molar-refractivity contribution in [3.63, 3.8) is 0 Å². The quantitative estimate of drug-likeness (QED) is 0.752. The first kappa shape index (κ1) is 15.2. The number of fused-ring (bicyclic) bond motifs is 1. The number of aromatic nitrogens is 2. The monoisotopic (exact) mass is 331 g/mol. The molecule has 0 unspecified atom stereocenters. The summed E-state index contributed by atoms with van der Waals surface area (Å²) in [4.78, 5) is 16.1. The molecule has 0 saturated carbocycles. The van der Waals surface area contributed by atoms with E-state index in [4.69, 9.17) is 16.3 Å². The van der Waals surface area contributed by atoms with Crippen LogP contribution in [0.1, 0.15) is 5.69 Å². The van der Waals surface area contributed by atoms with E-state index in [0.29, 0.717) is 22.1 Å². The molecule has 2 heterocycles. The van der Waals surface area contributed by atoms with Gasteiger partial charge in [0, 0.05) is 12.4 Å². The van der Waals surface area contributed by atoms with E-state index in [-0.39, 0.29) is 24.8 Å². The number of carbonyl (C=O) groups is 1. The van der Waals surface area contributed by atoms with E-state index in [1.165, 1.54) is 0 Å². The Morgan fingerprint density at radius 2 is 2.13 bits per heavy atom. The topological polar surface area (TPSA) is 75.9 Å². The largest absolute Gasteiger partial charge is 0.504 e. The van der Waals surface area contributed by atoms with Crippen LogP contribution in [0.5, 0.6) is 11.5 Å². The number of hydrogen-bond acceptors (Lipinski definition) is 4. The maximum atomic E-state index is 11.8. The summed E-state index contributed by atoms with van der Waals surface area (Å²) in [5.41, 5.74) is 1.08. The van der Waals surface area contributed by atoms with Crippen molar-refractivity contribution in [3.8, 4) is 11.5 Å². The Hall–Kier alpha value is -2.73. The maximum absolute atomic E-state index is 11.8. The smallest absolute Gasteiger partial charge is 0.258 e. The number of pyridine rings is 1. The van der Waals surface area contributed by atoms with E-state index in [0.717, 1.165) is 0 Å². The number of nitrogens with one attached hydrogen (secondary N) is 1. The average Bonchev–Trinajstić information content (AvgIpc) is 2.97. The minimum Gasteiger partial charge on any atom is -0.504 e. The van der Waals surface area contributed by atoms with Crippen LogP contribution in [0, 0.1) is 0 Å². The van der Waals surface area contributed by atoms with E-state index < -0.39 is 0 Å². The number of halogens is 1. The second-order valence-corrected chi connectivity index (χ2v) is 5.26. The number of nitrogens with zero attached hydrogens (tertiary/aromatic N) is 2. The molecular formula is C16H14ClN3O3. The molecule has 3 rings (SSSR count). The van der Waals surface area contributed by atoms with Crippen molar-refractivity contribution in [2.24, 2.45) is 0 Å². The van der Waals surface area contributed by atoms with Gasteiger partial charge in [0.25, 0.3) is 5.91 Å². The number of benzene rings is 1. The molecule has 0 radical (unpaired) electrons. The molecular weight excluding hydrogens is 318 g/mol. The summed E-state index contributed by atoms with van der Waals surface area (Å²) in [5, 5.41) is 12.9. The molecule has 2 N–H and O–H groups in total. The number of ether oxygens (including phenoxy) is 1. The van der Waals surface area contributed by atoms with Crippen LogP contribution in [0.2, 0.25) is 5.02 Å². The first-order valence-corrected chi connectivity index (χ1v) is 7.31. The number of aromatic hydroxyl groups is 1. The van der Waals surface area contributed by atoms with Crippen molar-refractivity contribution < 1.29 is 14.6 Å². The van der Waals surface area contributed by atoms with E-state index in [1.807, 2.05) is 0 Å². The summed E-state index contributed by atoms with van der Waals surface area (Å²) in [6.07, 6.45) is 3.51. The Balaban J connectivity index is 1.56. The Labute approximate surface area is 137 Å². The zero-order valence-corrected chi connectivity index (χ0v) is 12.8. The van der Waals surface area contributed by atoms with E-state index >= 15 is 0 Å². The fourth-order valence-corrected chi connectivity index (χ4v) is 2.27. The van der Waals surface area contributed by atoms with Gasteiger partial charge in [0.15, 0.2) is 18.0 Å². The highest BCUT2D eigenvalue weighted by molar-refractivity contribution is 6.32. The van der Waals surface area contributed by atoms with Crippen LogP contribution in [0.25, 0.3) is 5.65 Å². The highest BCUT2D eigenvalue weighted by atomic mass is 35.5. The summed E-state index contributed by atoms with van der Waals surface area (Å²) in [6.45, 7) is 0.105. The number of imidazole rings is 1. The van der Waals surface area contributed by atoms with Gasteiger partial charge < -0.3 is 19.6 Å². The predicted molar refractivity (Wildman–Crippen MR) is 85.7 cm³/mol. The van der Waals surface area contributed by atoms with Crippen molar-refractivity contribution in [1.29, 1.82) is 0 Å². The summed E-state index contributed by atoms with van der Waals surface area (Å²) >= 11 is 5.95. The van der Waals surface area contributed by atoms with Crippen LogP contribution in [-0.4, -0.2) is 27.0 Å². The van der Waals surface area contributed by atoms with E-state index in [1.54, 1.807) is 53.2 Å². The van der Waals surface area contributed by atoms with Crippen LogP contribution in [0.4, 0.5) is 0 Å². The molecule has 0 bridgehead atoms. The Morgan fingerprint density at radius 3 is 2.91 bits per heavy atom. The van der Waals surface area contributed by atoms with Crippen molar-refractivity contribution in [1.82, 2.24) is 14.7 Å². The molecule has 0 fully saturated rings. The third-order valence-electron chi connectivity index (χ3n) is 3.17. The van der Waals surface area contributed by atoms with Gasteiger partial charge in [-0.25, -0.2) is 4.98 Å². The Morgan fingerprint density at radius 1 is 1.30 bits per heavy atom. The molecule has 1 amide bonds. The third-order valence-corrected chi connectivity index (χ3v) is 3.49. The number of carbonyl (C=O) groups excluding carboxylic acids is 1. The molecule has 0 saturated heterocycles. The van der Waals surface area contributed by atoms with Crippen LogP contribution in [0.15, 0.2) is 48.8 Å². The summed E-state index contributed by atoms with van der Waals surface area (Å²) < 4.78 is 7.05. The number of amides is 1. The molecule has 6 nitrogen and oxygen atoms in total. The van der Waals surface area contributed by atoms with E-state index in [2.05, 4.69) is 10.3 Å². The molecule has 0 aliphatic carbocycles. The molecule has 2 aromatic heterocycles. The second-order valence-electron chi connectivity index (χ2n) is 4.85. The zero-order valence-electron chi connectivity index (χ0n) is 12.1. The predicted octanol–water partition coefficient (Wildman–Crippen LogP) is 2.39. The SMILES string of the molecule is O=C(COc1ccccc1Cl)NCc1cn2cccc(O)c2n1. The van der Waals surface area contributed by atoms with Crippen molar-refractivity contribution in [3.05, 3.63) is 59.5 Å². The van der Waals surface area contributed by atoms with Gasteiger partial charge in [0.2, 0.25) is 0 Å². The van der Waals surface area contributed by atoms with Gasteiger partial charge in [-0.2, -0.15) is 0 Å². The Bertz CT molecular complexity index is 847. The molecule has 3 aromatic rings. The number of rotatable bonds is 5. The van der Waals surface area contributed by atoms with Gasteiger partial charge in [-0.05, 0) is 24.3 Å². The summed E-state index contributed by atoms with van der Waals surface area (Å²) in [5.74, 6) is 0.264. The molecule has 0 atom stereocenters. The lowest BCUT2D eigenvalue weighted by Crippen LogP contribution is -2.28. The Kier molecular flexibility index (Phi) is 4.34. The third kappa shape index (κ3) is 3.54. The minimum absolute atomic E-state index is 0.0899. The lowest BCUT2D eigenvalue weighted by Gasteiger charge is -2.07. The zero-order chi connectivity index (χ0) is 16.2. The maximum Gasteiger partial charge on any atom is 0.258 e. The first-order valence-electron chi connectivity index (χ1n) is 6.93. The molecule has 0 aliphatic rings. The van der Waals surface area contributed by atoms with Crippen molar-refractivity contribution in [2.45, 2.75) is 6.54 Å². The van der Waals surface area contributed by atoms with Gasteiger partial charge in [-0.3, -0.25) is 4.79 Å². The normalized spacial score (nSPS) is 10.7. The standard InChI is InChI=1S/C16H14ClN3O3/c17-12-4-1-2-6-14(12)23-10-15(22)18-8-11-9-20-7-3-5-13(21)16(20)19-11/h1-7,9,21H,8,10H2,(H,18,22). The van der Waals surface area contributed by atoms with Gasteiger partial charge >= 0.3 is 0 Å². The van der Waals surface area contributed by atoms with Gasteiger partial charge in [0.05, 0.1) is 17.3 Å². The molecule has 7 heteroatoms.